The van der Waals surface area contributed by atoms with Crippen LogP contribution in [-0.2, 0) is 6.42 Å². The number of nitrogens with zero attached hydrogens (tertiary/aromatic N) is 3. The summed E-state index contributed by atoms with van der Waals surface area (Å²) < 4.78 is 0. The van der Waals surface area contributed by atoms with Crippen LogP contribution in [0.4, 0.5) is 11.5 Å². The molecule has 2 aromatic heterocycles. The second-order valence-corrected chi connectivity index (χ2v) is 4.19. The van der Waals surface area contributed by atoms with Crippen molar-refractivity contribution < 1.29 is 9.72 Å². The Morgan fingerprint density at radius 1 is 1.60 bits per heavy atom. The van der Waals surface area contributed by atoms with Crippen LogP contribution in [0.1, 0.15) is 22.8 Å². The average molecular weight is 296 g/mol. The largest absolute Gasteiger partial charge is 0.319 e. The highest BCUT2D eigenvalue weighted by Gasteiger charge is 2.25. The van der Waals surface area contributed by atoms with E-state index in [-0.39, 0.29) is 10.7 Å². The van der Waals surface area contributed by atoms with E-state index in [1.54, 1.807) is 6.20 Å². The lowest BCUT2D eigenvalue weighted by Crippen LogP contribution is -2.15. The molecule has 0 fully saturated rings. The summed E-state index contributed by atoms with van der Waals surface area (Å²) in [5.74, 6) is -0.250. The highest BCUT2D eigenvalue weighted by Crippen LogP contribution is 2.26. The Labute approximate surface area is 118 Å². The zero-order valence-electron chi connectivity index (χ0n) is 10.4. The van der Waals surface area contributed by atoms with Crippen molar-refractivity contribution in [2.75, 3.05) is 5.32 Å². The molecule has 0 bridgehead atoms. The topological polar surface area (TPSA) is 114 Å². The number of hydrogen-bond acceptors (Lipinski definition) is 5. The maximum Gasteiger partial charge on any atom is 0.319 e. The third-order valence-electron chi connectivity index (χ3n) is 2.64. The molecule has 9 heteroatoms. The highest BCUT2D eigenvalue weighted by molar-refractivity contribution is 6.32. The van der Waals surface area contributed by atoms with Gasteiger partial charge in [-0.3, -0.25) is 20.0 Å². The maximum atomic E-state index is 12.1. The molecule has 2 heterocycles. The monoisotopic (exact) mass is 295 g/mol. The lowest BCUT2D eigenvalue weighted by molar-refractivity contribution is -0.385. The van der Waals surface area contributed by atoms with Crippen LogP contribution in [0.3, 0.4) is 0 Å². The van der Waals surface area contributed by atoms with Crippen LogP contribution in [0.25, 0.3) is 0 Å². The second-order valence-electron chi connectivity index (χ2n) is 3.83. The van der Waals surface area contributed by atoms with Crippen LogP contribution in [0.15, 0.2) is 18.5 Å². The SMILES string of the molecule is CCc1cn[nH]c1NC(=O)c1ccnc(Cl)c1[N+](=O)[O-]. The summed E-state index contributed by atoms with van der Waals surface area (Å²) in [5, 5.41) is 19.6. The van der Waals surface area contributed by atoms with E-state index in [1.165, 1.54) is 12.3 Å². The minimum Gasteiger partial charge on any atom is -0.306 e. The number of carbonyl (C=O) groups excluding carboxylic acids is 1. The number of amides is 1. The van der Waals surface area contributed by atoms with Gasteiger partial charge in [-0.05, 0) is 12.5 Å². The molecule has 0 spiro atoms. The number of hydrogen-bond donors (Lipinski definition) is 2. The van der Waals surface area contributed by atoms with Gasteiger partial charge in [0.25, 0.3) is 5.91 Å². The van der Waals surface area contributed by atoms with Crippen LogP contribution in [0.5, 0.6) is 0 Å². The summed E-state index contributed by atoms with van der Waals surface area (Å²) in [4.78, 5) is 25.9. The molecule has 104 valence electrons. The molecule has 0 aliphatic rings. The molecule has 2 rings (SSSR count). The third kappa shape index (κ3) is 2.59. The first-order chi connectivity index (χ1) is 9.54. The fourth-order valence-corrected chi connectivity index (χ4v) is 1.88. The normalized spacial score (nSPS) is 10.3. The van der Waals surface area contributed by atoms with Crippen molar-refractivity contribution in [2.45, 2.75) is 13.3 Å². The van der Waals surface area contributed by atoms with Gasteiger partial charge < -0.3 is 5.32 Å². The molecular weight excluding hydrogens is 286 g/mol. The second kappa shape index (κ2) is 5.66. The Bertz CT molecular complexity index is 670. The molecule has 1 amide bonds. The van der Waals surface area contributed by atoms with Gasteiger partial charge in [-0.2, -0.15) is 5.10 Å². The van der Waals surface area contributed by atoms with Gasteiger partial charge in [-0.15, -0.1) is 0 Å². The lowest BCUT2D eigenvalue weighted by Gasteiger charge is -2.05. The van der Waals surface area contributed by atoms with Gasteiger partial charge in [0.05, 0.1) is 11.1 Å². The average Bonchev–Trinajstić information content (AvgIpc) is 2.85. The summed E-state index contributed by atoms with van der Waals surface area (Å²) in [7, 11) is 0. The summed E-state index contributed by atoms with van der Waals surface area (Å²) in [6.45, 7) is 1.90. The van der Waals surface area contributed by atoms with Gasteiger partial charge in [0, 0.05) is 11.8 Å². The fourth-order valence-electron chi connectivity index (χ4n) is 1.65. The number of nitro groups is 1. The zero-order chi connectivity index (χ0) is 14.7. The number of halogens is 1. The molecule has 2 aromatic rings. The zero-order valence-corrected chi connectivity index (χ0v) is 11.1. The number of aromatic amines is 1. The van der Waals surface area contributed by atoms with Crippen molar-refractivity contribution in [1.29, 1.82) is 0 Å². The first-order valence-corrected chi connectivity index (χ1v) is 6.04. The molecule has 0 aliphatic carbocycles. The van der Waals surface area contributed by atoms with Crippen molar-refractivity contribution in [3.8, 4) is 0 Å². The smallest absolute Gasteiger partial charge is 0.306 e. The number of H-pyrrole nitrogens is 1. The van der Waals surface area contributed by atoms with Gasteiger partial charge >= 0.3 is 5.69 Å². The molecule has 0 radical (unpaired) electrons. The van der Waals surface area contributed by atoms with Crippen LogP contribution in [-0.4, -0.2) is 26.0 Å². The molecule has 0 saturated carbocycles. The van der Waals surface area contributed by atoms with Crippen LogP contribution in [0.2, 0.25) is 5.15 Å². The summed E-state index contributed by atoms with van der Waals surface area (Å²) in [5.41, 5.74) is 0.108. The summed E-state index contributed by atoms with van der Waals surface area (Å²) in [6, 6.07) is 1.24. The van der Waals surface area contributed by atoms with Crippen molar-refractivity contribution in [3.05, 3.63) is 44.9 Å². The Morgan fingerprint density at radius 3 is 3.00 bits per heavy atom. The molecule has 0 unspecified atom stereocenters. The lowest BCUT2D eigenvalue weighted by atomic mass is 10.2. The Morgan fingerprint density at radius 2 is 2.35 bits per heavy atom. The van der Waals surface area contributed by atoms with Crippen LogP contribution in [0, 0.1) is 10.1 Å². The molecule has 20 heavy (non-hydrogen) atoms. The standard InChI is InChI=1S/C11H10ClN5O3/c1-2-6-5-14-16-10(6)15-11(18)7-3-4-13-9(12)8(7)17(19)20/h3-5H,2H2,1H3,(H2,14,15,16,18). The number of rotatable bonds is 4. The van der Waals surface area contributed by atoms with E-state index in [2.05, 4.69) is 20.5 Å². The van der Waals surface area contributed by atoms with Crippen LogP contribution < -0.4 is 5.32 Å². The summed E-state index contributed by atoms with van der Waals surface area (Å²) >= 11 is 5.66. The third-order valence-corrected chi connectivity index (χ3v) is 2.92. The van der Waals surface area contributed by atoms with Gasteiger partial charge in [-0.1, -0.05) is 18.5 Å². The van der Waals surface area contributed by atoms with Gasteiger partial charge in [-0.25, -0.2) is 4.98 Å². The highest BCUT2D eigenvalue weighted by atomic mass is 35.5. The summed E-state index contributed by atoms with van der Waals surface area (Å²) in [6.07, 6.45) is 3.47. The number of carbonyl (C=O) groups is 1. The minimum atomic E-state index is -0.738. The maximum absolute atomic E-state index is 12.1. The molecule has 0 aromatic carbocycles. The van der Waals surface area contributed by atoms with Crippen molar-refractivity contribution in [2.24, 2.45) is 0 Å². The van der Waals surface area contributed by atoms with E-state index >= 15 is 0 Å². The Kier molecular flexibility index (Phi) is 3.94. The first kappa shape index (κ1) is 13.9. The minimum absolute atomic E-state index is 0.161. The molecule has 2 N–H and O–H groups in total. The fraction of sp³-hybridized carbons (Fsp3) is 0.182. The van der Waals surface area contributed by atoms with E-state index in [1.807, 2.05) is 6.92 Å². The predicted molar refractivity (Wildman–Crippen MR) is 71.8 cm³/mol. The predicted octanol–water partition coefficient (Wildman–Crippen LogP) is 2.18. The van der Waals surface area contributed by atoms with E-state index in [9.17, 15) is 14.9 Å². The molecule has 0 atom stereocenters. The first-order valence-electron chi connectivity index (χ1n) is 5.67. The number of aromatic nitrogens is 3. The molecule has 0 aliphatic heterocycles. The van der Waals surface area contributed by atoms with Crippen LogP contribution >= 0.6 is 11.6 Å². The molecular formula is C11H10ClN5O3. The van der Waals surface area contributed by atoms with E-state index in [0.717, 1.165) is 5.56 Å². The number of aryl methyl sites for hydroxylation is 1. The quantitative estimate of drug-likeness (QED) is 0.510. The number of pyridine rings is 1. The molecule has 0 saturated heterocycles. The van der Waals surface area contributed by atoms with E-state index < -0.39 is 16.5 Å². The van der Waals surface area contributed by atoms with Gasteiger partial charge in [0.15, 0.2) is 0 Å². The number of nitrogens with one attached hydrogen (secondary N) is 2. The van der Waals surface area contributed by atoms with Crippen molar-refractivity contribution in [3.63, 3.8) is 0 Å². The van der Waals surface area contributed by atoms with E-state index in [4.69, 9.17) is 11.6 Å². The van der Waals surface area contributed by atoms with Crippen molar-refractivity contribution in [1.82, 2.24) is 15.2 Å². The number of anilines is 1. The Balaban J connectivity index is 2.35. The van der Waals surface area contributed by atoms with E-state index in [0.29, 0.717) is 12.2 Å². The van der Waals surface area contributed by atoms with Gasteiger partial charge in [0.1, 0.15) is 11.4 Å². The molecule has 8 nitrogen and oxygen atoms in total. The Hall–Kier alpha value is -2.48. The van der Waals surface area contributed by atoms with Crippen molar-refractivity contribution >= 4 is 29.0 Å². The van der Waals surface area contributed by atoms with Gasteiger partial charge in [0.2, 0.25) is 5.15 Å².